The minimum absolute atomic E-state index is 0.112. The zero-order chi connectivity index (χ0) is 19.5. The maximum Gasteiger partial charge on any atom is 0.322 e. The van der Waals surface area contributed by atoms with Crippen LogP contribution in [0.4, 0.5) is 9.80 Å². The molecule has 28 heavy (non-hydrogen) atoms. The molecule has 0 bridgehead atoms. The summed E-state index contributed by atoms with van der Waals surface area (Å²) in [5.41, 5.74) is 8.58. The average molecular weight is 398 g/mol. The molecule has 1 aliphatic heterocycles. The van der Waals surface area contributed by atoms with Crippen molar-refractivity contribution in [3.8, 4) is 0 Å². The van der Waals surface area contributed by atoms with Crippen molar-refractivity contribution >= 4 is 28.3 Å². The van der Waals surface area contributed by atoms with Gasteiger partial charge < -0.3 is 10.6 Å². The molecule has 3 amide bonds. The third-order valence-electron chi connectivity index (χ3n) is 5.91. The van der Waals surface area contributed by atoms with Crippen molar-refractivity contribution in [3.05, 3.63) is 51.9 Å². The van der Waals surface area contributed by atoms with Crippen LogP contribution in [0.25, 0.3) is 0 Å². The highest BCUT2D eigenvalue weighted by atomic mass is 32.1. The lowest BCUT2D eigenvalue weighted by molar-refractivity contribution is 0.100. The first-order valence-corrected chi connectivity index (χ1v) is 11.0. The SMILES string of the molecule is NC(=O)c1c(NC(=O)N2CCC(Cc3ccccc3)CC2)sc2c1CCCC2. The van der Waals surface area contributed by atoms with E-state index in [1.807, 2.05) is 11.0 Å². The molecular formula is C22H27N3O2S. The Morgan fingerprint density at radius 3 is 2.54 bits per heavy atom. The summed E-state index contributed by atoms with van der Waals surface area (Å²) in [6, 6.07) is 10.4. The fourth-order valence-electron chi connectivity index (χ4n) is 4.38. The first-order chi connectivity index (χ1) is 13.6. The number of piperidine rings is 1. The summed E-state index contributed by atoms with van der Waals surface area (Å²) in [5, 5.41) is 3.62. The second-order valence-corrected chi connectivity index (χ2v) is 8.93. The third kappa shape index (κ3) is 4.07. The standard InChI is InChI=1S/C22H27N3O2S/c23-20(26)19-17-8-4-5-9-18(17)28-21(19)24-22(27)25-12-10-16(11-13-25)14-15-6-2-1-3-7-15/h1-3,6-7,16H,4-5,8-14H2,(H2,23,26)(H,24,27). The number of likely N-dealkylation sites (tertiary alicyclic amines) is 1. The van der Waals surface area contributed by atoms with Gasteiger partial charge in [-0.2, -0.15) is 0 Å². The van der Waals surface area contributed by atoms with Gasteiger partial charge in [0, 0.05) is 18.0 Å². The monoisotopic (exact) mass is 397 g/mol. The van der Waals surface area contributed by atoms with E-state index in [1.54, 1.807) is 0 Å². The van der Waals surface area contributed by atoms with Gasteiger partial charge in [0.05, 0.1) is 5.56 Å². The quantitative estimate of drug-likeness (QED) is 0.811. The van der Waals surface area contributed by atoms with E-state index < -0.39 is 5.91 Å². The Balaban J connectivity index is 1.37. The topological polar surface area (TPSA) is 75.4 Å². The van der Waals surface area contributed by atoms with Crippen molar-refractivity contribution in [3.63, 3.8) is 0 Å². The van der Waals surface area contributed by atoms with Crippen LogP contribution >= 0.6 is 11.3 Å². The van der Waals surface area contributed by atoms with E-state index in [0.29, 0.717) is 16.5 Å². The number of aryl methyl sites for hydroxylation is 1. The summed E-state index contributed by atoms with van der Waals surface area (Å²) < 4.78 is 0. The molecule has 6 heteroatoms. The minimum atomic E-state index is -0.434. The Morgan fingerprint density at radius 2 is 1.82 bits per heavy atom. The van der Waals surface area contributed by atoms with Crippen molar-refractivity contribution in [2.45, 2.75) is 44.9 Å². The Labute approximate surface area is 169 Å². The molecule has 3 N–H and O–H groups in total. The van der Waals surface area contributed by atoms with Gasteiger partial charge in [0.25, 0.3) is 5.91 Å². The van der Waals surface area contributed by atoms with Crippen LogP contribution in [-0.2, 0) is 19.3 Å². The molecule has 1 fully saturated rings. The number of nitrogens with two attached hydrogens (primary N) is 1. The molecule has 4 rings (SSSR count). The number of primary amides is 1. The number of rotatable bonds is 4. The number of benzene rings is 1. The summed E-state index contributed by atoms with van der Waals surface area (Å²) in [4.78, 5) is 27.9. The van der Waals surface area contributed by atoms with Gasteiger partial charge in [-0.15, -0.1) is 11.3 Å². The Morgan fingerprint density at radius 1 is 1.11 bits per heavy atom. The molecule has 1 saturated heterocycles. The second-order valence-electron chi connectivity index (χ2n) is 7.83. The van der Waals surface area contributed by atoms with Crippen LogP contribution in [0.15, 0.2) is 30.3 Å². The van der Waals surface area contributed by atoms with Crippen LogP contribution in [0, 0.1) is 5.92 Å². The third-order valence-corrected chi connectivity index (χ3v) is 7.11. The van der Waals surface area contributed by atoms with E-state index in [9.17, 15) is 9.59 Å². The zero-order valence-electron chi connectivity index (χ0n) is 16.1. The minimum Gasteiger partial charge on any atom is -0.365 e. The largest absolute Gasteiger partial charge is 0.365 e. The number of carbonyl (C=O) groups excluding carboxylic acids is 2. The first-order valence-electron chi connectivity index (χ1n) is 10.2. The molecular weight excluding hydrogens is 370 g/mol. The van der Waals surface area contributed by atoms with Crippen LogP contribution in [0.5, 0.6) is 0 Å². The second kappa shape index (κ2) is 8.35. The molecule has 0 radical (unpaired) electrons. The summed E-state index contributed by atoms with van der Waals surface area (Å²) in [7, 11) is 0. The van der Waals surface area contributed by atoms with Crippen molar-refractivity contribution in [2.24, 2.45) is 11.7 Å². The van der Waals surface area contributed by atoms with Gasteiger partial charge in [0.1, 0.15) is 5.00 Å². The van der Waals surface area contributed by atoms with Crippen LogP contribution in [0.1, 0.15) is 52.0 Å². The maximum absolute atomic E-state index is 12.8. The van der Waals surface area contributed by atoms with Crippen LogP contribution in [-0.4, -0.2) is 29.9 Å². The number of hydrogen-bond donors (Lipinski definition) is 2. The smallest absolute Gasteiger partial charge is 0.322 e. The van der Waals surface area contributed by atoms with Gasteiger partial charge in [-0.05, 0) is 62.0 Å². The highest BCUT2D eigenvalue weighted by Gasteiger charge is 2.27. The van der Waals surface area contributed by atoms with E-state index >= 15 is 0 Å². The van der Waals surface area contributed by atoms with Gasteiger partial charge in [0.15, 0.2) is 0 Å². The highest BCUT2D eigenvalue weighted by molar-refractivity contribution is 7.17. The van der Waals surface area contributed by atoms with Crippen molar-refractivity contribution < 1.29 is 9.59 Å². The number of anilines is 1. The molecule has 1 aromatic heterocycles. The summed E-state index contributed by atoms with van der Waals surface area (Å²) in [5.74, 6) is 0.179. The number of urea groups is 1. The summed E-state index contributed by atoms with van der Waals surface area (Å²) in [6.45, 7) is 1.50. The number of hydrogen-bond acceptors (Lipinski definition) is 3. The van der Waals surface area contributed by atoms with E-state index in [0.717, 1.165) is 63.6 Å². The fourth-order valence-corrected chi connectivity index (χ4v) is 5.66. The Hall–Kier alpha value is -2.34. The number of nitrogens with zero attached hydrogens (tertiary/aromatic N) is 1. The van der Waals surface area contributed by atoms with E-state index in [1.165, 1.54) is 21.8 Å². The van der Waals surface area contributed by atoms with Crippen molar-refractivity contribution in [1.82, 2.24) is 4.90 Å². The summed E-state index contributed by atoms with van der Waals surface area (Å²) >= 11 is 1.53. The number of amides is 3. The molecule has 2 aliphatic rings. The number of thiophene rings is 1. The van der Waals surface area contributed by atoms with Crippen molar-refractivity contribution in [1.29, 1.82) is 0 Å². The van der Waals surface area contributed by atoms with Gasteiger partial charge in [-0.1, -0.05) is 30.3 Å². The van der Waals surface area contributed by atoms with E-state index in [4.69, 9.17) is 5.73 Å². The zero-order valence-corrected chi connectivity index (χ0v) is 16.9. The van der Waals surface area contributed by atoms with Gasteiger partial charge >= 0.3 is 6.03 Å². The number of fused-ring (bicyclic) bond motifs is 1. The Kier molecular flexibility index (Phi) is 5.67. The van der Waals surface area contributed by atoms with E-state index in [-0.39, 0.29) is 6.03 Å². The van der Waals surface area contributed by atoms with Crippen LogP contribution in [0.2, 0.25) is 0 Å². The fraction of sp³-hybridized carbons (Fsp3) is 0.455. The molecule has 2 heterocycles. The van der Waals surface area contributed by atoms with Crippen LogP contribution in [0.3, 0.4) is 0 Å². The predicted molar refractivity (Wildman–Crippen MR) is 113 cm³/mol. The predicted octanol–water partition coefficient (Wildman–Crippen LogP) is 4.21. The molecule has 0 saturated carbocycles. The van der Waals surface area contributed by atoms with Gasteiger partial charge in [-0.25, -0.2) is 4.79 Å². The van der Waals surface area contributed by atoms with Gasteiger partial charge in [-0.3, -0.25) is 10.1 Å². The lowest BCUT2D eigenvalue weighted by atomic mass is 9.90. The number of nitrogens with one attached hydrogen (secondary N) is 1. The maximum atomic E-state index is 12.8. The van der Waals surface area contributed by atoms with Crippen molar-refractivity contribution in [2.75, 3.05) is 18.4 Å². The molecule has 0 unspecified atom stereocenters. The molecule has 1 aliphatic carbocycles. The lowest BCUT2D eigenvalue weighted by Crippen LogP contribution is -2.41. The molecule has 0 spiro atoms. The highest BCUT2D eigenvalue weighted by Crippen LogP contribution is 2.38. The molecule has 2 aromatic rings. The number of carbonyl (C=O) groups is 2. The molecule has 1 aromatic carbocycles. The first kappa shape index (κ1) is 19.0. The van der Waals surface area contributed by atoms with Gasteiger partial charge in [0.2, 0.25) is 0 Å². The normalized spacial score (nSPS) is 17.2. The lowest BCUT2D eigenvalue weighted by Gasteiger charge is -2.32. The molecule has 148 valence electrons. The Bertz CT molecular complexity index is 854. The summed E-state index contributed by atoms with van der Waals surface area (Å²) in [6.07, 6.45) is 7.14. The molecule has 5 nitrogen and oxygen atoms in total. The average Bonchev–Trinajstić information content (AvgIpc) is 3.07. The van der Waals surface area contributed by atoms with Crippen LogP contribution < -0.4 is 11.1 Å². The van der Waals surface area contributed by atoms with E-state index in [2.05, 4.69) is 29.6 Å². The molecule has 0 atom stereocenters.